The number of hydrogen-bond donors (Lipinski definition) is 0. The van der Waals surface area contributed by atoms with Gasteiger partial charge in [0.25, 0.3) is 5.95 Å². The lowest BCUT2D eigenvalue weighted by molar-refractivity contribution is -0.00583. The van der Waals surface area contributed by atoms with Crippen LogP contribution in [0, 0.1) is 6.92 Å². The second kappa shape index (κ2) is 5.20. The van der Waals surface area contributed by atoms with Crippen LogP contribution in [0.2, 0.25) is 0 Å². The van der Waals surface area contributed by atoms with E-state index in [9.17, 15) is 0 Å². The van der Waals surface area contributed by atoms with Crippen LogP contribution in [0.15, 0.2) is 24.3 Å². The first-order chi connectivity index (χ1) is 9.63. The van der Waals surface area contributed by atoms with Crippen molar-refractivity contribution in [2.45, 2.75) is 33.0 Å². The van der Waals surface area contributed by atoms with Crippen LogP contribution < -0.4 is 4.90 Å². The predicted octanol–water partition coefficient (Wildman–Crippen LogP) is 1.58. The van der Waals surface area contributed by atoms with Crippen molar-refractivity contribution in [3.8, 4) is 5.69 Å². The lowest BCUT2D eigenvalue weighted by atomic mass is 10.2. The van der Waals surface area contributed by atoms with E-state index >= 15 is 0 Å². The van der Waals surface area contributed by atoms with E-state index in [0.29, 0.717) is 0 Å². The molecule has 6 nitrogen and oxygen atoms in total. The Hall–Kier alpha value is -1.95. The summed E-state index contributed by atoms with van der Waals surface area (Å²) in [7, 11) is 0. The number of benzene rings is 1. The highest BCUT2D eigenvalue weighted by Gasteiger charge is 2.26. The molecule has 0 spiro atoms. The minimum Gasteiger partial charge on any atom is -0.372 e. The number of nitrogens with zero attached hydrogens (tertiary/aromatic N) is 5. The Labute approximate surface area is 118 Å². The maximum Gasteiger partial charge on any atom is 0.250 e. The maximum absolute atomic E-state index is 5.76. The standard InChI is InChI=1S/C14H19N5O/c1-10-4-6-13(7-5-10)19-14(15-16-17-19)18-8-11(2)20-12(3)9-18/h4-7,11-12H,8-9H2,1-3H3. The molecule has 106 valence electrons. The normalized spacial score (nSPS) is 23.1. The zero-order valence-corrected chi connectivity index (χ0v) is 12.0. The first-order valence-electron chi connectivity index (χ1n) is 6.89. The van der Waals surface area contributed by atoms with E-state index in [1.165, 1.54) is 5.56 Å². The zero-order chi connectivity index (χ0) is 14.1. The Bertz CT molecular complexity index is 570. The van der Waals surface area contributed by atoms with Crippen molar-refractivity contribution in [2.75, 3.05) is 18.0 Å². The van der Waals surface area contributed by atoms with Gasteiger partial charge in [0, 0.05) is 13.1 Å². The first-order valence-corrected chi connectivity index (χ1v) is 6.89. The zero-order valence-electron chi connectivity index (χ0n) is 12.0. The molecule has 1 aromatic heterocycles. The van der Waals surface area contributed by atoms with Crippen molar-refractivity contribution < 1.29 is 4.74 Å². The Balaban J connectivity index is 1.91. The Morgan fingerprint density at radius 1 is 1.10 bits per heavy atom. The van der Waals surface area contributed by atoms with E-state index < -0.39 is 0 Å². The molecule has 2 aromatic rings. The van der Waals surface area contributed by atoms with Gasteiger partial charge in [0.1, 0.15) is 0 Å². The number of anilines is 1. The van der Waals surface area contributed by atoms with E-state index in [1.807, 2.05) is 12.1 Å². The molecule has 1 aliphatic heterocycles. The van der Waals surface area contributed by atoms with Crippen molar-refractivity contribution in [3.63, 3.8) is 0 Å². The van der Waals surface area contributed by atoms with Gasteiger partial charge in [-0.1, -0.05) is 22.8 Å². The minimum absolute atomic E-state index is 0.182. The molecule has 1 aromatic carbocycles. The van der Waals surface area contributed by atoms with Gasteiger partial charge in [-0.15, -0.1) is 0 Å². The number of tetrazole rings is 1. The van der Waals surface area contributed by atoms with Gasteiger partial charge in [0.2, 0.25) is 0 Å². The number of aromatic nitrogens is 4. The molecular weight excluding hydrogens is 254 g/mol. The van der Waals surface area contributed by atoms with E-state index in [1.54, 1.807) is 4.68 Å². The SMILES string of the molecule is Cc1ccc(-n2nnnc2N2CC(C)OC(C)C2)cc1. The molecule has 0 amide bonds. The van der Waals surface area contributed by atoms with Crippen LogP contribution in [-0.2, 0) is 4.74 Å². The van der Waals surface area contributed by atoms with Gasteiger partial charge in [-0.2, -0.15) is 4.68 Å². The molecule has 3 rings (SSSR count). The Kier molecular flexibility index (Phi) is 3.40. The van der Waals surface area contributed by atoms with Crippen LogP contribution in [-0.4, -0.2) is 45.5 Å². The van der Waals surface area contributed by atoms with Crippen molar-refractivity contribution >= 4 is 5.95 Å². The molecule has 2 heterocycles. The molecule has 2 atom stereocenters. The van der Waals surface area contributed by atoms with Gasteiger partial charge in [-0.3, -0.25) is 0 Å². The van der Waals surface area contributed by atoms with Crippen LogP contribution in [0.4, 0.5) is 5.95 Å². The fourth-order valence-corrected chi connectivity index (χ4v) is 2.57. The van der Waals surface area contributed by atoms with Gasteiger partial charge >= 0.3 is 0 Å². The van der Waals surface area contributed by atoms with Crippen LogP contribution in [0.3, 0.4) is 0 Å². The first kappa shape index (κ1) is 13.1. The second-order valence-corrected chi connectivity index (χ2v) is 5.39. The molecular formula is C14H19N5O. The molecule has 0 saturated carbocycles. The summed E-state index contributed by atoms with van der Waals surface area (Å²) in [6, 6.07) is 8.18. The van der Waals surface area contributed by atoms with Crippen LogP contribution >= 0.6 is 0 Å². The van der Waals surface area contributed by atoms with Gasteiger partial charge in [-0.05, 0) is 43.3 Å². The van der Waals surface area contributed by atoms with E-state index in [0.717, 1.165) is 24.7 Å². The number of morpholine rings is 1. The fourth-order valence-electron chi connectivity index (χ4n) is 2.57. The van der Waals surface area contributed by atoms with E-state index in [2.05, 4.69) is 53.3 Å². The molecule has 1 saturated heterocycles. The summed E-state index contributed by atoms with van der Waals surface area (Å²) in [5.74, 6) is 0.774. The predicted molar refractivity (Wildman–Crippen MR) is 76.1 cm³/mol. The minimum atomic E-state index is 0.182. The smallest absolute Gasteiger partial charge is 0.250 e. The summed E-state index contributed by atoms with van der Waals surface area (Å²) in [5.41, 5.74) is 2.19. The fraction of sp³-hybridized carbons (Fsp3) is 0.500. The quantitative estimate of drug-likeness (QED) is 0.831. The molecule has 2 unspecified atom stereocenters. The average Bonchev–Trinajstić information content (AvgIpc) is 2.87. The third kappa shape index (κ3) is 2.51. The number of ether oxygens (including phenoxy) is 1. The molecule has 0 aliphatic carbocycles. The summed E-state index contributed by atoms with van der Waals surface area (Å²) < 4.78 is 7.54. The number of aryl methyl sites for hydroxylation is 1. The highest BCUT2D eigenvalue weighted by Crippen LogP contribution is 2.20. The molecule has 1 aliphatic rings. The Morgan fingerprint density at radius 2 is 1.75 bits per heavy atom. The maximum atomic E-state index is 5.76. The molecule has 6 heteroatoms. The summed E-state index contributed by atoms with van der Waals surface area (Å²) >= 11 is 0. The lowest BCUT2D eigenvalue weighted by Gasteiger charge is -2.35. The molecule has 0 bridgehead atoms. The number of hydrogen-bond acceptors (Lipinski definition) is 5. The van der Waals surface area contributed by atoms with Gasteiger partial charge in [0.15, 0.2) is 0 Å². The molecule has 20 heavy (non-hydrogen) atoms. The van der Waals surface area contributed by atoms with Crippen LogP contribution in [0.25, 0.3) is 5.69 Å². The van der Waals surface area contributed by atoms with E-state index in [-0.39, 0.29) is 12.2 Å². The highest BCUT2D eigenvalue weighted by molar-refractivity contribution is 5.42. The lowest BCUT2D eigenvalue weighted by Crippen LogP contribution is -2.46. The monoisotopic (exact) mass is 273 g/mol. The largest absolute Gasteiger partial charge is 0.372 e. The molecule has 0 N–H and O–H groups in total. The third-order valence-corrected chi connectivity index (χ3v) is 3.43. The van der Waals surface area contributed by atoms with Crippen LogP contribution in [0.5, 0.6) is 0 Å². The molecule has 0 radical (unpaired) electrons. The van der Waals surface area contributed by atoms with Gasteiger partial charge in [-0.25, -0.2) is 0 Å². The summed E-state index contributed by atoms with van der Waals surface area (Å²) in [6.45, 7) is 7.81. The van der Waals surface area contributed by atoms with Gasteiger partial charge < -0.3 is 9.64 Å². The van der Waals surface area contributed by atoms with Crippen molar-refractivity contribution in [3.05, 3.63) is 29.8 Å². The van der Waals surface area contributed by atoms with Crippen molar-refractivity contribution in [2.24, 2.45) is 0 Å². The molecule has 1 fully saturated rings. The van der Waals surface area contributed by atoms with Crippen molar-refractivity contribution in [1.29, 1.82) is 0 Å². The van der Waals surface area contributed by atoms with Gasteiger partial charge in [0.05, 0.1) is 17.9 Å². The highest BCUT2D eigenvalue weighted by atomic mass is 16.5. The second-order valence-electron chi connectivity index (χ2n) is 5.39. The van der Waals surface area contributed by atoms with Crippen LogP contribution in [0.1, 0.15) is 19.4 Å². The summed E-state index contributed by atoms with van der Waals surface area (Å²) in [4.78, 5) is 2.18. The number of rotatable bonds is 2. The topological polar surface area (TPSA) is 56.1 Å². The summed E-state index contributed by atoms with van der Waals surface area (Å²) in [5, 5.41) is 12.1. The van der Waals surface area contributed by atoms with E-state index in [4.69, 9.17) is 4.74 Å². The summed E-state index contributed by atoms with van der Waals surface area (Å²) in [6.07, 6.45) is 0.365. The Morgan fingerprint density at radius 3 is 2.40 bits per heavy atom. The van der Waals surface area contributed by atoms with Crippen molar-refractivity contribution in [1.82, 2.24) is 20.2 Å². The average molecular weight is 273 g/mol. The third-order valence-electron chi connectivity index (χ3n) is 3.43.